The van der Waals surface area contributed by atoms with Crippen molar-refractivity contribution in [1.82, 2.24) is 10.6 Å². The lowest BCUT2D eigenvalue weighted by atomic mass is 9.98. The van der Waals surface area contributed by atoms with Crippen molar-refractivity contribution in [3.63, 3.8) is 0 Å². The molecule has 2 aromatic rings. The zero-order valence-corrected chi connectivity index (χ0v) is 12.7. The molecule has 0 aliphatic rings. The number of hydrogen-bond donors (Lipinski definition) is 2. The van der Waals surface area contributed by atoms with Crippen LogP contribution in [0.15, 0.2) is 54.6 Å². The molecule has 0 saturated carbocycles. The van der Waals surface area contributed by atoms with Crippen LogP contribution in [0.3, 0.4) is 0 Å². The van der Waals surface area contributed by atoms with Gasteiger partial charge in [-0.2, -0.15) is 0 Å². The highest BCUT2D eigenvalue weighted by atomic mass is 19.1. The van der Waals surface area contributed by atoms with Gasteiger partial charge in [0.15, 0.2) is 0 Å². The zero-order valence-electron chi connectivity index (χ0n) is 12.7. The summed E-state index contributed by atoms with van der Waals surface area (Å²) < 4.78 is 12.2. The molecule has 22 heavy (non-hydrogen) atoms. The van der Waals surface area contributed by atoms with E-state index >= 15 is 0 Å². The molecule has 2 rings (SSSR count). The second kappa shape index (κ2) is 8.17. The summed E-state index contributed by atoms with van der Waals surface area (Å²) in [6, 6.07) is 17.5. The van der Waals surface area contributed by atoms with Gasteiger partial charge in [-0.05, 0) is 24.5 Å². The van der Waals surface area contributed by atoms with E-state index in [4.69, 9.17) is 0 Å². The molecule has 4 heteroatoms. The number of hydrogen-bond acceptors (Lipinski definition) is 1. The number of amides is 2. The molecule has 0 saturated heterocycles. The number of alkyl halides is 1. The van der Waals surface area contributed by atoms with Crippen LogP contribution in [0.4, 0.5) is 9.18 Å². The molecular weight excluding hydrogens is 279 g/mol. The quantitative estimate of drug-likeness (QED) is 0.841. The Hall–Kier alpha value is -2.36. The molecule has 2 aromatic carbocycles. The average molecular weight is 300 g/mol. The standard InChI is InChI=1S/C18H21FN2O/c1-14-7-9-16(10-8-14)17(21-18(22)20-12-11-19)13-15-5-3-2-4-6-15/h2-10,17H,11-13H2,1H3,(H2,20,21,22). The Labute approximate surface area is 130 Å². The molecular formula is C18H21FN2O. The Morgan fingerprint density at radius 2 is 1.77 bits per heavy atom. The minimum Gasteiger partial charge on any atom is -0.336 e. The van der Waals surface area contributed by atoms with Crippen LogP contribution >= 0.6 is 0 Å². The van der Waals surface area contributed by atoms with E-state index in [9.17, 15) is 9.18 Å². The monoisotopic (exact) mass is 300 g/mol. The molecule has 0 aromatic heterocycles. The van der Waals surface area contributed by atoms with Crippen molar-refractivity contribution in [2.75, 3.05) is 13.2 Å². The summed E-state index contributed by atoms with van der Waals surface area (Å²) in [5, 5.41) is 5.42. The predicted octanol–water partition coefficient (Wildman–Crippen LogP) is 3.55. The van der Waals surface area contributed by atoms with Crippen molar-refractivity contribution in [3.05, 3.63) is 71.3 Å². The van der Waals surface area contributed by atoms with Gasteiger partial charge in [-0.3, -0.25) is 0 Å². The third kappa shape index (κ3) is 4.88. The maximum Gasteiger partial charge on any atom is 0.315 e. The molecule has 116 valence electrons. The van der Waals surface area contributed by atoms with Gasteiger partial charge < -0.3 is 10.6 Å². The van der Waals surface area contributed by atoms with Crippen LogP contribution in [0.2, 0.25) is 0 Å². The van der Waals surface area contributed by atoms with Gasteiger partial charge in [0, 0.05) is 6.54 Å². The number of aryl methyl sites for hydroxylation is 1. The van der Waals surface area contributed by atoms with E-state index in [1.54, 1.807) is 0 Å². The van der Waals surface area contributed by atoms with Crippen molar-refractivity contribution >= 4 is 6.03 Å². The highest BCUT2D eigenvalue weighted by Gasteiger charge is 2.15. The van der Waals surface area contributed by atoms with Crippen molar-refractivity contribution < 1.29 is 9.18 Å². The number of carbonyl (C=O) groups excluding carboxylic acids is 1. The van der Waals surface area contributed by atoms with Crippen LogP contribution in [-0.4, -0.2) is 19.3 Å². The molecule has 3 nitrogen and oxygen atoms in total. The molecule has 2 N–H and O–H groups in total. The number of urea groups is 1. The largest absolute Gasteiger partial charge is 0.336 e. The number of carbonyl (C=O) groups is 1. The van der Waals surface area contributed by atoms with E-state index in [0.717, 1.165) is 11.1 Å². The van der Waals surface area contributed by atoms with Crippen molar-refractivity contribution in [1.29, 1.82) is 0 Å². The van der Waals surface area contributed by atoms with E-state index in [2.05, 4.69) is 10.6 Å². The van der Waals surface area contributed by atoms with Gasteiger partial charge in [0.05, 0.1) is 6.04 Å². The third-order valence-electron chi connectivity index (χ3n) is 3.45. The van der Waals surface area contributed by atoms with E-state index in [1.807, 2.05) is 61.5 Å². The van der Waals surface area contributed by atoms with Gasteiger partial charge in [-0.25, -0.2) is 9.18 Å². The summed E-state index contributed by atoms with van der Waals surface area (Å²) in [5.74, 6) is 0. The van der Waals surface area contributed by atoms with Crippen LogP contribution in [0.1, 0.15) is 22.7 Å². The Kier molecular flexibility index (Phi) is 5.95. The molecule has 1 unspecified atom stereocenters. The smallest absolute Gasteiger partial charge is 0.315 e. The van der Waals surface area contributed by atoms with Crippen LogP contribution in [0.5, 0.6) is 0 Å². The van der Waals surface area contributed by atoms with Crippen molar-refractivity contribution in [2.24, 2.45) is 0 Å². The predicted molar refractivity (Wildman–Crippen MR) is 86.6 cm³/mol. The Bertz CT molecular complexity index is 584. The molecule has 0 fully saturated rings. The second-order valence-corrected chi connectivity index (χ2v) is 5.24. The first-order chi connectivity index (χ1) is 10.7. The maximum absolute atomic E-state index is 12.2. The summed E-state index contributed by atoms with van der Waals surface area (Å²) in [4.78, 5) is 11.9. The Morgan fingerprint density at radius 3 is 2.41 bits per heavy atom. The first-order valence-electron chi connectivity index (χ1n) is 7.40. The van der Waals surface area contributed by atoms with Crippen LogP contribution in [0.25, 0.3) is 0 Å². The molecule has 2 amide bonds. The molecule has 0 aliphatic heterocycles. The Balaban J connectivity index is 2.13. The topological polar surface area (TPSA) is 41.1 Å². The van der Waals surface area contributed by atoms with Crippen molar-refractivity contribution in [3.8, 4) is 0 Å². The third-order valence-corrected chi connectivity index (χ3v) is 3.45. The highest BCUT2D eigenvalue weighted by molar-refractivity contribution is 5.74. The lowest BCUT2D eigenvalue weighted by Gasteiger charge is -2.20. The molecule has 0 heterocycles. The summed E-state index contributed by atoms with van der Waals surface area (Å²) in [7, 11) is 0. The summed E-state index contributed by atoms with van der Waals surface area (Å²) in [5.41, 5.74) is 3.34. The van der Waals surface area contributed by atoms with Gasteiger partial charge in [0.2, 0.25) is 0 Å². The van der Waals surface area contributed by atoms with Crippen molar-refractivity contribution in [2.45, 2.75) is 19.4 Å². The SMILES string of the molecule is Cc1ccc(C(Cc2ccccc2)NC(=O)NCCF)cc1. The highest BCUT2D eigenvalue weighted by Crippen LogP contribution is 2.19. The number of rotatable bonds is 6. The molecule has 0 spiro atoms. The van der Waals surface area contributed by atoms with E-state index in [0.29, 0.717) is 6.42 Å². The van der Waals surface area contributed by atoms with Gasteiger partial charge >= 0.3 is 6.03 Å². The Morgan fingerprint density at radius 1 is 1.09 bits per heavy atom. The van der Waals surface area contributed by atoms with Gasteiger partial charge in [-0.1, -0.05) is 60.2 Å². The van der Waals surface area contributed by atoms with Gasteiger partial charge in [0.25, 0.3) is 0 Å². The normalized spacial score (nSPS) is 11.7. The second-order valence-electron chi connectivity index (χ2n) is 5.24. The fourth-order valence-electron chi connectivity index (χ4n) is 2.27. The van der Waals surface area contributed by atoms with Crippen LogP contribution < -0.4 is 10.6 Å². The number of halogens is 1. The van der Waals surface area contributed by atoms with E-state index in [-0.39, 0.29) is 18.6 Å². The zero-order chi connectivity index (χ0) is 15.8. The average Bonchev–Trinajstić information content (AvgIpc) is 2.54. The molecule has 0 aliphatic carbocycles. The first kappa shape index (κ1) is 16.0. The fraction of sp³-hybridized carbons (Fsp3) is 0.278. The lowest BCUT2D eigenvalue weighted by Crippen LogP contribution is -2.39. The van der Waals surface area contributed by atoms with Crippen LogP contribution in [-0.2, 0) is 6.42 Å². The molecule has 0 bridgehead atoms. The summed E-state index contributed by atoms with van der Waals surface area (Å²) in [6.07, 6.45) is 0.687. The first-order valence-corrected chi connectivity index (χ1v) is 7.40. The minimum atomic E-state index is -0.568. The molecule has 0 radical (unpaired) electrons. The van der Waals surface area contributed by atoms with Gasteiger partial charge in [0.1, 0.15) is 6.67 Å². The number of benzene rings is 2. The summed E-state index contributed by atoms with van der Waals surface area (Å²) >= 11 is 0. The van der Waals surface area contributed by atoms with Gasteiger partial charge in [-0.15, -0.1) is 0 Å². The lowest BCUT2D eigenvalue weighted by molar-refractivity contribution is 0.236. The molecule has 1 atom stereocenters. The van der Waals surface area contributed by atoms with E-state index < -0.39 is 6.67 Å². The van der Waals surface area contributed by atoms with E-state index in [1.165, 1.54) is 5.56 Å². The fourth-order valence-corrected chi connectivity index (χ4v) is 2.27. The maximum atomic E-state index is 12.2. The minimum absolute atomic E-state index is 0.0256. The van der Waals surface area contributed by atoms with Crippen LogP contribution in [0, 0.1) is 6.92 Å². The number of nitrogens with one attached hydrogen (secondary N) is 2. The summed E-state index contributed by atoms with van der Waals surface area (Å²) in [6.45, 7) is 1.48.